The van der Waals surface area contributed by atoms with Gasteiger partial charge in [-0.1, -0.05) is 12.1 Å². The lowest BCUT2D eigenvalue weighted by Crippen LogP contribution is -2.28. The molecule has 5 rings (SSSR count). The van der Waals surface area contributed by atoms with Gasteiger partial charge >= 0.3 is 5.97 Å². The number of nitrogens with one attached hydrogen (secondary N) is 3. The van der Waals surface area contributed by atoms with E-state index in [2.05, 4.69) is 26.0 Å². The summed E-state index contributed by atoms with van der Waals surface area (Å²) in [6.07, 6.45) is 2.04. The number of pyridine rings is 1. The number of hydrogen-bond acceptors (Lipinski definition) is 7. The molecule has 3 aromatic heterocycles. The number of alkyl halides is 1. The van der Waals surface area contributed by atoms with Crippen molar-refractivity contribution in [2.75, 3.05) is 17.7 Å². The van der Waals surface area contributed by atoms with Gasteiger partial charge in [0.15, 0.2) is 17.2 Å². The molecule has 0 bridgehead atoms. The van der Waals surface area contributed by atoms with Crippen LogP contribution in [0.1, 0.15) is 27.3 Å². The van der Waals surface area contributed by atoms with Crippen LogP contribution in [0, 0.1) is 0 Å². The quantitative estimate of drug-likeness (QED) is 0.317. The number of fused-ring (bicyclic) bond motifs is 1. The minimum Gasteiger partial charge on any atom is -0.478 e. The summed E-state index contributed by atoms with van der Waals surface area (Å²) in [5.74, 6) is -1.44. The number of halogens is 1. The van der Waals surface area contributed by atoms with Gasteiger partial charge in [0.25, 0.3) is 11.5 Å². The van der Waals surface area contributed by atoms with Crippen LogP contribution in [0.5, 0.6) is 0 Å². The van der Waals surface area contributed by atoms with Gasteiger partial charge in [-0.2, -0.15) is 0 Å². The molecule has 2 atom stereocenters. The molecule has 178 valence electrons. The highest BCUT2D eigenvalue weighted by Gasteiger charge is 2.39. The smallest absolute Gasteiger partial charge is 0.337 e. The number of imidazole rings is 1. The summed E-state index contributed by atoms with van der Waals surface area (Å²) in [5, 5.41) is 22.4. The zero-order chi connectivity index (χ0) is 24.7. The monoisotopic (exact) mass is 477 g/mol. The number of para-hydroxylation sites is 1. The van der Waals surface area contributed by atoms with Gasteiger partial charge in [0, 0.05) is 25.7 Å². The Labute approximate surface area is 197 Å². The molecule has 1 amide bonds. The normalized spacial score (nSPS) is 16.6. The first-order valence-electron chi connectivity index (χ1n) is 10.7. The lowest BCUT2D eigenvalue weighted by atomic mass is 10.1. The fourth-order valence-corrected chi connectivity index (χ4v) is 3.71. The van der Waals surface area contributed by atoms with E-state index in [1.807, 2.05) is 0 Å². The van der Waals surface area contributed by atoms with Crippen molar-refractivity contribution in [2.24, 2.45) is 0 Å². The summed E-state index contributed by atoms with van der Waals surface area (Å²) in [5.41, 5.74) is 0.837. The number of carboxylic acid groups (broad SMARTS) is 1. The number of hydrogen-bond donors (Lipinski definition) is 4. The molecule has 1 aliphatic rings. The van der Waals surface area contributed by atoms with Crippen LogP contribution in [0.15, 0.2) is 59.7 Å². The van der Waals surface area contributed by atoms with E-state index in [4.69, 9.17) is 0 Å². The Morgan fingerprint density at radius 1 is 1.17 bits per heavy atom. The third-order valence-corrected chi connectivity index (χ3v) is 5.60. The molecular formula is C23H20FN7O4. The average molecular weight is 477 g/mol. The van der Waals surface area contributed by atoms with E-state index in [0.717, 1.165) is 0 Å². The number of anilines is 3. The van der Waals surface area contributed by atoms with E-state index in [9.17, 15) is 23.9 Å². The topological polar surface area (TPSA) is 143 Å². The molecule has 1 aliphatic carbocycles. The Morgan fingerprint density at radius 2 is 1.94 bits per heavy atom. The van der Waals surface area contributed by atoms with Gasteiger partial charge < -0.3 is 21.1 Å². The minimum absolute atomic E-state index is 0.0241. The second-order valence-electron chi connectivity index (χ2n) is 7.95. The van der Waals surface area contributed by atoms with Crippen LogP contribution < -0.4 is 21.5 Å². The highest BCUT2D eigenvalue weighted by molar-refractivity contribution is 5.94. The number of carbonyl (C=O) groups is 2. The SMILES string of the molecule is CNc1cc(Nc2cccn(-c3ccccc3C(=O)O)c2=O)nn2c(C(=O)N[C@@H]3C[C@@H]3F)cnc12. The van der Waals surface area contributed by atoms with Crippen molar-refractivity contribution in [1.29, 1.82) is 0 Å². The molecule has 4 N–H and O–H groups in total. The first-order chi connectivity index (χ1) is 16.9. The van der Waals surface area contributed by atoms with Crippen LogP contribution in [0.3, 0.4) is 0 Å². The maximum Gasteiger partial charge on any atom is 0.337 e. The zero-order valence-corrected chi connectivity index (χ0v) is 18.4. The molecule has 35 heavy (non-hydrogen) atoms. The molecule has 11 nitrogen and oxygen atoms in total. The fourth-order valence-electron chi connectivity index (χ4n) is 3.71. The molecule has 1 fully saturated rings. The number of aromatic nitrogens is 4. The Kier molecular flexibility index (Phi) is 5.40. The van der Waals surface area contributed by atoms with E-state index in [1.165, 1.54) is 39.7 Å². The lowest BCUT2D eigenvalue weighted by molar-refractivity contribution is 0.0696. The summed E-state index contributed by atoms with van der Waals surface area (Å²) >= 11 is 0. The highest BCUT2D eigenvalue weighted by Crippen LogP contribution is 2.26. The van der Waals surface area contributed by atoms with Crippen LogP contribution in [-0.4, -0.2) is 55.4 Å². The Hall–Kier alpha value is -4.74. The van der Waals surface area contributed by atoms with Crippen LogP contribution in [-0.2, 0) is 0 Å². The van der Waals surface area contributed by atoms with Crippen molar-refractivity contribution in [1.82, 2.24) is 24.5 Å². The molecular weight excluding hydrogens is 457 g/mol. The van der Waals surface area contributed by atoms with Crippen molar-refractivity contribution in [3.8, 4) is 5.69 Å². The number of aromatic carboxylic acids is 1. The first kappa shape index (κ1) is 22.1. The molecule has 1 aromatic carbocycles. The minimum atomic E-state index is -1.16. The standard InChI is InChI=1S/C23H20FN7O4/c1-25-16-10-19(29-31-18(11-26-20(16)31)21(32)28-15-9-13(15)24)27-14-6-4-8-30(22(14)33)17-7-3-2-5-12(17)23(34)35/h2-8,10-11,13,15,25H,9H2,1H3,(H,27,29)(H,28,32)(H,34,35)/t13-,15+/m0/s1. The molecule has 0 spiro atoms. The van der Waals surface area contributed by atoms with Crippen LogP contribution >= 0.6 is 0 Å². The van der Waals surface area contributed by atoms with Gasteiger partial charge in [0.05, 0.1) is 29.2 Å². The summed E-state index contributed by atoms with van der Waals surface area (Å²) in [6.45, 7) is 0. The molecule has 0 aliphatic heterocycles. The van der Waals surface area contributed by atoms with E-state index in [0.29, 0.717) is 11.3 Å². The second kappa shape index (κ2) is 8.56. The van der Waals surface area contributed by atoms with Gasteiger partial charge in [-0.3, -0.25) is 14.2 Å². The molecule has 4 aromatic rings. The van der Waals surface area contributed by atoms with Crippen LogP contribution in [0.25, 0.3) is 11.3 Å². The maximum atomic E-state index is 13.2. The van der Waals surface area contributed by atoms with Crippen molar-refractivity contribution < 1.29 is 19.1 Å². The first-order valence-corrected chi connectivity index (χ1v) is 10.7. The number of carbonyl (C=O) groups excluding carboxylic acids is 1. The summed E-state index contributed by atoms with van der Waals surface area (Å²) in [6, 6.07) is 10.4. The Bertz CT molecular complexity index is 1530. The maximum absolute atomic E-state index is 13.2. The predicted molar refractivity (Wildman–Crippen MR) is 126 cm³/mol. The van der Waals surface area contributed by atoms with Crippen LogP contribution in [0.2, 0.25) is 0 Å². The number of amides is 1. The van der Waals surface area contributed by atoms with Crippen molar-refractivity contribution in [2.45, 2.75) is 18.6 Å². The van der Waals surface area contributed by atoms with E-state index >= 15 is 0 Å². The number of carboxylic acids is 1. The molecule has 12 heteroatoms. The third kappa shape index (κ3) is 4.05. The largest absolute Gasteiger partial charge is 0.478 e. The van der Waals surface area contributed by atoms with Crippen molar-refractivity contribution >= 4 is 34.7 Å². The van der Waals surface area contributed by atoms with E-state index < -0.39 is 29.6 Å². The molecule has 3 heterocycles. The number of rotatable bonds is 7. The van der Waals surface area contributed by atoms with Gasteiger partial charge in [0.1, 0.15) is 11.9 Å². The molecule has 1 saturated carbocycles. The van der Waals surface area contributed by atoms with Gasteiger partial charge in [-0.25, -0.2) is 18.7 Å². The third-order valence-electron chi connectivity index (χ3n) is 5.60. The lowest BCUT2D eigenvalue weighted by Gasteiger charge is -2.13. The van der Waals surface area contributed by atoms with Gasteiger partial charge in [-0.15, -0.1) is 5.10 Å². The molecule has 0 unspecified atom stereocenters. The van der Waals surface area contributed by atoms with Crippen molar-refractivity contribution in [3.63, 3.8) is 0 Å². The average Bonchev–Trinajstić information content (AvgIpc) is 3.36. The van der Waals surface area contributed by atoms with E-state index in [-0.39, 0.29) is 34.9 Å². The fraction of sp³-hybridized carbons (Fsp3) is 0.174. The highest BCUT2D eigenvalue weighted by atomic mass is 19.1. The predicted octanol–water partition coefficient (Wildman–Crippen LogP) is 2.20. The van der Waals surface area contributed by atoms with Crippen LogP contribution in [0.4, 0.5) is 21.6 Å². The van der Waals surface area contributed by atoms with E-state index in [1.54, 1.807) is 31.3 Å². The Morgan fingerprint density at radius 3 is 2.66 bits per heavy atom. The van der Waals surface area contributed by atoms with Crippen molar-refractivity contribution in [3.05, 3.63) is 76.5 Å². The number of benzene rings is 1. The summed E-state index contributed by atoms with van der Waals surface area (Å²) in [4.78, 5) is 41.7. The van der Waals surface area contributed by atoms with Gasteiger partial charge in [0.2, 0.25) is 0 Å². The second-order valence-corrected chi connectivity index (χ2v) is 7.95. The Balaban J connectivity index is 1.53. The van der Waals surface area contributed by atoms with Gasteiger partial charge in [-0.05, 0) is 24.3 Å². The zero-order valence-electron chi connectivity index (χ0n) is 18.4. The summed E-state index contributed by atoms with van der Waals surface area (Å²) < 4.78 is 15.8. The summed E-state index contributed by atoms with van der Waals surface area (Å²) in [7, 11) is 1.67. The molecule has 0 saturated heterocycles. The number of nitrogens with zero attached hydrogens (tertiary/aromatic N) is 4. The molecule has 0 radical (unpaired) electrons.